The average Bonchev–Trinajstić information content (AvgIpc) is 2.81. The monoisotopic (exact) mass is 455 g/mol. The quantitative estimate of drug-likeness (QED) is 0.403. The maximum Gasteiger partial charge on any atom is 0.127 e. The van der Waals surface area contributed by atoms with Crippen molar-refractivity contribution >= 4 is 17.3 Å². The molecule has 3 aromatic carbocycles. The van der Waals surface area contributed by atoms with E-state index in [1.165, 1.54) is 0 Å². The van der Waals surface area contributed by atoms with Crippen molar-refractivity contribution in [3.05, 3.63) is 81.9 Å². The Morgan fingerprint density at radius 1 is 0.875 bits per heavy atom. The highest BCUT2D eigenvalue weighted by atomic mass is 35.5. The normalized spacial score (nSPS) is 11.9. The van der Waals surface area contributed by atoms with Gasteiger partial charge in [-0.25, -0.2) is 0 Å². The number of anilines is 1. The molecule has 0 saturated carbocycles. The third kappa shape index (κ3) is 5.12. The number of ether oxygens (including phenoxy) is 3. The number of methoxy groups -OCH3 is 3. The largest absolute Gasteiger partial charge is 0.497 e. The summed E-state index contributed by atoms with van der Waals surface area (Å²) in [5.41, 5.74) is 4.22. The molecule has 0 heterocycles. The SMILES string of the molecule is COc1ccc(CNc2ccc(Cl)cc2C(O)c2cccc(OC)c2C(C)C)c(OC)c1. The van der Waals surface area contributed by atoms with Gasteiger partial charge in [-0.05, 0) is 47.9 Å². The molecule has 3 aromatic rings. The minimum absolute atomic E-state index is 0.176. The summed E-state index contributed by atoms with van der Waals surface area (Å²) in [6, 6.07) is 16.9. The lowest BCUT2D eigenvalue weighted by Gasteiger charge is -2.23. The minimum Gasteiger partial charge on any atom is -0.497 e. The Kier molecular flexibility index (Phi) is 7.89. The molecule has 0 fully saturated rings. The molecule has 0 radical (unpaired) electrons. The first-order chi connectivity index (χ1) is 15.4. The minimum atomic E-state index is -0.874. The number of rotatable bonds is 9. The van der Waals surface area contributed by atoms with E-state index in [1.54, 1.807) is 33.5 Å². The first kappa shape index (κ1) is 23.8. The van der Waals surface area contributed by atoms with Crippen LogP contribution in [0.1, 0.15) is 48.1 Å². The lowest BCUT2D eigenvalue weighted by atomic mass is 9.89. The van der Waals surface area contributed by atoms with E-state index in [2.05, 4.69) is 19.2 Å². The van der Waals surface area contributed by atoms with Crippen LogP contribution in [0.25, 0.3) is 0 Å². The summed E-state index contributed by atoms with van der Waals surface area (Å²) in [7, 11) is 4.90. The molecule has 5 nitrogen and oxygen atoms in total. The first-order valence-corrected chi connectivity index (χ1v) is 10.9. The highest BCUT2D eigenvalue weighted by Gasteiger charge is 2.22. The van der Waals surface area contributed by atoms with Gasteiger partial charge in [0.1, 0.15) is 23.4 Å². The van der Waals surface area contributed by atoms with Crippen molar-refractivity contribution in [3.63, 3.8) is 0 Å². The summed E-state index contributed by atoms with van der Waals surface area (Å²) in [5, 5.41) is 15.4. The molecule has 0 aliphatic carbocycles. The highest BCUT2D eigenvalue weighted by Crippen LogP contribution is 2.38. The Balaban J connectivity index is 1.96. The maximum absolute atomic E-state index is 11.4. The zero-order valence-corrected chi connectivity index (χ0v) is 19.9. The molecule has 0 bridgehead atoms. The second kappa shape index (κ2) is 10.6. The third-order valence-corrected chi connectivity index (χ3v) is 5.70. The summed E-state index contributed by atoms with van der Waals surface area (Å²) < 4.78 is 16.3. The van der Waals surface area contributed by atoms with Gasteiger partial charge in [0.05, 0.1) is 21.3 Å². The second-order valence-electron chi connectivity index (χ2n) is 7.78. The van der Waals surface area contributed by atoms with Gasteiger partial charge in [-0.3, -0.25) is 0 Å². The van der Waals surface area contributed by atoms with E-state index in [0.717, 1.165) is 39.6 Å². The van der Waals surface area contributed by atoms with E-state index in [1.807, 2.05) is 42.5 Å². The van der Waals surface area contributed by atoms with Gasteiger partial charge in [-0.15, -0.1) is 0 Å². The van der Waals surface area contributed by atoms with Crippen LogP contribution in [0.2, 0.25) is 5.02 Å². The van der Waals surface area contributed by atoms with Crippen LogP contribution in [0.15, 0.2) is 54.6 Å². The Bertz CT molecular complexity index is 1070. The average molecular weight is 456 g/mol. The van der Waals surface area contributed by atoms with Crippen molar-refractivity contribution in [2.45, 2.75) is 32.4 Å². The lowest BCUT2D eigenvalue weighted by molar-refractivity contribution is 0.218. The van der Waals surface area contributed by atoms with Gasteiger partial charge in [-0.1, -0.05) is 37.6 Å². The summed E-state index contributed by atoms with van der Waals surface area (Å²) in [6.45, 7) is 4.67. The standard InChI is InChI=1S/C26H30ClNO4/c1-16(2)25-20(7-6-8-23(25)31-4)26(29)21-13-18(27)10-12-22(21)28-15-17-9-11-19(30-3)14-24(17)32-5/h6-14,16,26,28-29H,15H2,1-5H3. The van der Waals surface area contributed by atoms with Crippen molar-refractivity contribution in [2.75, 3.05) is 26.6 Å². The van der Waals surface area contributed by atoms with Gasteiger partial charge in [0.2, 0.25) is 0 Å². The summed E-state index contributed by atoms with van der Waals surface area (Å²) >= 11 is 6.31. The molecular weight excluding hydrogens is 426 g/mol. The molecule has 0 spiro atoms. The fraction of sp³-hybridized carbons (Fsp3) is 0.308. The van der Waals surface area contributed by atoms with Gasteiger partial charge in [0.15, 0.2) is 0 Å². The number of aliphatic hydroxyl groups excluding tert-OH is 1. The molecule has 0 saturated heterocycles. The van der Waals surface area contributed by atoms with Crippen LogP contribution in [0.5, 0.6) is 17.2 Å². The van der Waals surface area contributed by atoms with Gasteiger partial charge in [0, 0.05) is 40.0 Å². The maximum atomic E-state index is 11.4. The lowest BCUT2D eigenvalue weighted by Crippen LogP contribution is -2.10. The van der Waals surface area contributed by atoms with Crippen LogP contribution in [-0.4, -0.2) is 26.4 Å². The van der Waals surface area contributed by atoms with Gasteiger partial charge < -0.3 is 24.6 Å². The molecule has 6 heteroatoms. The predicted octanol–water partition coefficient (Wildman–Crippen LogP) is 6.18. The van der Waals surface area contributed by atoms with Gasteiger partial charge in [-0.2, -0.15) is 0 Å². The molecule has 3 rings (SSSR count). The van der Waals surface area contributed by atoms with Crippen molar-refractivity contribution in [1.29, 1.82) is 0 Å². The van der Waals surface area contributed by atoms with E-state index in [-0.39, 0.29) is 5.92 Å². The van der Waals surface area contributed by atoms with Crippen molar-refractivity contribution < 1.29 is 19.3 Å². The Morgan fingerprint density at radius 2 is 1.62 bits per heavy atom. The number of halogens is 1. The summed E-state index contributed by atoms with van der Waals surface area (Å²) in [5.74, 6) is 2.39. The highest BCUT2D eigenvalue weighted by molar-refractivity contribution is 6.30. The van der Waals surface area contributed by atoms with E-state index < -0.39 is 6.10 Å². The van der Waals surface area contributed by atoms with E-state index >= 15 is 0 Å². The molecule has 170 valence electrons. The van der Waals surface area contributed by atoms with Crippen molar-refractivity contribution in [1.82, 2.24) is 0 Å². The van der Waals surface area contributed by atoms with E-state index in [4.69, 9.17) is 25.8 Å². The second-order valence-corrected chi connectivity index (χ2v) is 8.22. The first-order valence-electron chi connectivity index (χ1n) is 10.5. The summed E-state index contributed by atoms with van der Waals surface area (Å²) in [6.07, 6.45) is -0.874. The third-order valence-electron chi connectivity index (χ3n) is 5.46. The van der Waals surface area contributed by atoms with Crippen LogP contribution in [0, 0.1) is 0 Å². The van der Waals surface area contributed by atoms with Crippen molar-refractivity contribution in [2.24, 2.45) is 0 Å². The van der Waals surface area contributed by atoms with Gasteiger partial charge >= 0.3 is 0 Å². The van der Waals surface area contributed by atoms with Crippen LogP contribution < -0.4 is 19.5 Å². The molecule has 0 aliphatic heterocycles. The smallest absolute Gasteiger partial charge is 0.127 e. The number of hydrogen-bond acceptors (Lipinski definition) is 5. The number of hydrogen-bond donors (Lipinski definition) is 2. The van der Waals surface area contributed by atoms with Gasteiger partial charge in [0.25, 0.3) is 0 Å². The number of benzene rings is 3. The van der Waals surface area contributed by atoms with E-state index in [0.29, 0.717) is 17.1 Å². The molecule has 1 unspecified atom stereocenters. The topological polar surface area (TPSA) is 60.0 Å². The molecule has 0 amide bonds. The Hall–Kier alpha value is -2.89. The molecule has 2 N–H and O–H groups in total. The Labute approximate surface area is 194 Å². The summed E-state index contributed by atoms with van der Waals surface area (Å²) in [4.78, 5) is 0. The zero-order chi connectivity index (χ0) is 23.3. The fourth-order valence-corrected chi connectivity index (χ4v) is 4.05. The molecule has 32 heavy (non-hydrogen) atoms. The fourth-order valence-electron chi connectivity index (χ4n) is 3.87. The van der Waals surface area contributed by atoms with Crippen molar-refractivity contribution in [3.8, 4) is 17.2 Å². The van der Waals surface area contributed by atoms with Crippen LogP contribution >= 0.6 is 11.6 Å². The number of nitrogens with one attached hydrogen (secondary N) is 1. The Morgan fingerprint density at radius 3 is 2.28 bits per heavy atom. The van der Waals surface area contributed by atoms with E-state index in [9.17, 15) is 5.11 Å². The van der Waals surface area contributed by atoms with Crippen LogP contribution in [0.4, 0.5) is 5.69 Å². The molecule has 0 aliphatic rings. The zero-order valence-electron chi connectivity index (χ0n) is 19.1. The molecule has 1 atom stereocenters. The molecule has 0 aromatic heterocycles. The van der Waals surface area contributed by atoms with Crippen LogP contribution in [-0.2, 0) is 6.54 Å². The molecular formula is C26H30ClNO4. The number of aliphatic hydroxyl groups is 1. The van der Waals surface area contributed by atoms with Crippen LogP contribution in [0.3, 0.4) is 0 Å². The predicted molar refractivity (Wildman–Crippen MR) is 129 cm³/mol.